The fraction of sp³-hybridized carbons (Fsp3) is 0.360. The van der Waals surface area contributed by atoms with Gasteiger partial charge in [-0.2, -0.15) is 0 Å². The lowest BCUT2D eigenvalue weighted by atomic mass is 9.79. The number of benzene rings is 2. The quantitative estimate of drug-likeness (QED) is 0.599. The molecule has 0 saturated heterocycles. The van der Waals surface area contributed by atoms with Crippen molar-refractivity contribution in [1.82, 2.24) is 0 Å². The first kappa shape index (κ1) is 17.4. The fourth-order valence-corrected chi connectivity index (χ4v) is 3.47. The van der Waals surface area contributed by atoms with E-state index in [1.165, 1.54) is 36.8 Å². The molecule has 2 aromatic rings. The van der Waals surface area contributed by atoms with Crippen LogP contribution in [-0.2, 0) is 6.42 Å². The second kappa shape index (κ2) is 8.60. The second-order valence-electron chi connectivity index (χ2n) is 7.13. The van der Waals surface area contributed by atoms with Gasteiger partial charge in [0.05, 0.1) is 0 Å². The number of hydrogen-bond acceptors (Lipinski definition) is 0. The molecule has 1 aliphatic rings. The van der Waals surface area contributed by atoms with Crippen LogP contribution in [0.3, 0.4) is 0 Å². The summed E-state index contributed by atoms with van der Waals surface area (Å²) in [6.07, 6.45) is 6.21. The number of rotatable bonds is 2. The molecule has 0 heteroatoms. The van der Waals surface area contributed by atoms with Crippen LogP contribution >= 0.6 is 0 Å². The van der Waals surface area contributed by atoms with E-state index in [1.54, 1.807) is 0 Å². The van der Waals surface area contributed by atoms with Crippen molar-refractivity contribution in [2.24, 2.45) is 5.92 Å². The summed E-state index contributed by atoms with van der Waals surface area (Å²) in [7, 11) is 0. The van der Waals surface area contributed by atoms with Gasteiger partial charge < -0.3 is 0 Å². The molecule has 0 radical (unpaired) electrons. The zero-order chi connectivity index (χ0) is 17.5. The van der Waals surface area contributed by atoms with Crippen molar-refractivity contribution >= 4 is 0 Å². The van der Waals surface area contributed by atoms with Crippen LogP contribution in [0.4, 0.5) is 0 Å². The smallest absolute Gasteiger partial charge is 0.0340 e. The summed E-state index contributed by atoms with van der Waals surface area (Å²) in [6, 6.07) is 17.3. The van der Waals surface area contributed by atoms with Gasteiger partial charge in [-0.15, -0.1) is 5.92 Å². The summed E-state index contributed by atoms with van der Waals surface area (Å²) in [5, 5.41) is 0. The van der Waals surface area contributed by atoms with E-state index < -0.39 is 0 Å². The van der Waals surface area contributed by atoms with Gasteiger partial charge >= 0.3 is 0 Å². The van der Waals surface area contributed by atoms with Gasteiger partial charge in [0.15, 0.2) is 0 Å². The van der Waals surface area contributed by atoms with Crippen molar-refractivity contribution in [1.29, 1.82) is 0 Å². The summed E-state index contributed by atoms with van der Waals surface area (Å²) < 4.78 is 0. The molecule has 126 valence electrons. The van der Waals surface area contributed by atoms with Crippen LogP contribution < -0.4 is 0 Å². The van der Waals surface area contributed by atoms with Crippen LogP contribution in [0, 0.1) is 29.6 Å². The molecule has 0 aromatic heterocycles. The Morgan fingerprint density at radius 1 is 0.800 bits per heavy atom. The minimum atomic E-state index is 0.747. The highest BCUT2D eigenvalue weighted by atomic mass is 14.2. The third-order valence-corrected chi connectivity index (χ3v) is 5.17. The standard InChI is InChI=1S/C25H26/c1-3-4-5-21-8-10-22(11-9-21)12-13-23-14-18-25(19-15-23)24-16-6-20(2)7-17-24/h8-11,14-15,18-20,24H,5-7,16-17H2,1-2H3. The summed E-state index contributed by atoms with van der Waals surface area (Å²) in [5.74, 6) is 14.2. The Bertz CT molecular complexity index is 793. The van der Waals surface area contributed by atoms with Gasteiger partial charge in [-0.25, -0.2) is 0 Å². The zero-order valence-corrected chi connectivity index (χ0v) is 15.3. The van der Waals surface area contributed by atoms with E-state index >= 15 is 0 Å². The highest BCUT2D eigenvalue weighted by Crippen LogP contribution is 2.35. The summed E-state index contributed by atoms with van der Waals surface area (Å²) in [4.78, 5) is 0. The molecule has 0 N–H and O–H groups in total. The van der Waals surface area contributed by atoms with Crippen molar-refractivity contribution in [3.63, 3.8) is 0 Å². The van der Waals surface area contributed by atoms with Crippen molar-refractivity contribution < 1.29 is 0 Å². The maximum atomic E-state index is 3.28. The van der Waals surface area contributed by atoms with E-state index in [2.05, 4.69) is 79.1 Å². The minimum absolute atomic E-state index is 0.747. The fourth-order valence-electron chi connectivity index (χ4n) is 3.47. The molecule has 0 atom stereocenters. The van der Waals surface area contributed by atoms with E-state index in [0.29, 0.717) is 0 Å². The summed E-state index contributed by atoms with van der Waals surface area (Å²) in [5.41, 5.74) is 4.87. The molecule has 25 heavy (non-hydrogen) atoms. The van der Waals surface area contributed by atoms with Gasteiger partial charge in [0.25, 0.3) is 0 Å². The average Bonchev–Trinajstić information content (AvgIpc) is 2.67. The van der Waals surface area contributed by atoms with Crippen LogP contribution in [0.5, 0.6) is 0 Å². The maximum Gasteiger partial charge on any atom is 0.0340 e. The SMILES string of the molecule is CC#CCc1ccc(C#Cc2ccc(C3CCC(C)CC3)cc2)cc1. The molecule has 0 bridgehead atoms. The van der Waals surface area contributed by atoms with E-state index in [-0.39, 0.29) is 0 Å². The second-order valence-corrected chi connectivity index (χ2v) is 7.13. The van der Waals surface area contributed by atoms with Crippen LogP contribution in [0.2, 0.25) is 0 Å². The maximum absolute atomic E-state index is 3.28. The van der Waals surface area contributed by atoms with E-state index in [0.717, 1.165) is 29.4 Å². The third kappa shape index (κ3) is 5.01. The molecule has 0 heterocycles. The van der Waals surface area contributed by atoms with Crippen LogP contribution in [0.15, 0.2) is 48.5 Å². The first-order chi connectivity index (χ1) is 12.2. The lowest BCUT2D eigenvalue weighted by Crippen LogP contribution is -2.10. The Morgan fingerprint density at radius 2 is 1.36 bits per heavy atom. The Labute approximate surface area is 152 Å². The molecule has 3 rings (SSSR count). The average molecular weight is 326 g/mol. The van der Waals surface area contributed by atoms with Crippen molar-refractivity contribution in [2.45, 2.75) is 51.9 Å². The lowest BCUT2D eigenvalue weighted by Gasteiger charge is -2.26. The monoisotopic (exact) mass is 326 g/mol. The minimum Gasteiger partial charge on any atom is -0.106 e. The first-order valence-corrected chi connectivity index (χ1v) is 9.35. The van der Waals surface area contributed by atoms with Crippen molar-refractivity contribution in [3.8, 4) is 23.7 Å². The van der Waals surface area contributed by atoms with Gasteiger partial charge in [-0.3, -0.25) is 0 Å². The molecule has 1 saturated carbocycles. The number of hydrogen-bond donors (Lipinski definition) is 0. The Morgan fingerprint density at radius 3 is 1.92 bits per heavy atom. The highest BCUT2D eigenvalue weighted by Gasteiger charge is 2.19. The Hall–Kier alpha value is -2.44. The van der Waals surface area contributed by atoms with Gasteiger partial charge in [0, 0.05) is 17.5 Å². The highest BCUT2D eigenvalue weighted by molar-refractivity contribution is 5.44. The first-order valence-electron chi connectivity index (χ1n) is 9.35. The molecular weight excluding hydrogens is 300 g/mol. The topological polar surface area (TPSA) is 0 Å². The largest absolute Gasteiger partial charge is 0.106 e. The molecule has 2 aromatic carbocycles. The molecule has 0 unspecified atom stereocenters. The molecule has 1 fully saturated rings. The zero-order valence-electron chi connectivity index (χ0n) is 15.3. The predicted molar refractivity (Wildman–Crippen MR) is 106 cm³/mol. The van der Waals surface area contributed by atoms with Crippen molar-refractivity contribution in [2.75, 3.05) is 0 Å². The molecule has 0 spiro atoms. The van der Waals surface area contributed by atoms with Crippen LogP contribution in [0.1, 0.15) is 67.7 Å². The molecule has 1 aliphatic carbocycles. The lowest BCUT2D eigenvalue weighted by molar-refractivity contribution is 0.348. The van der Waals surface area contributed by atoms with Gasteiger partial charge in [-0.05, 0) is 67.0 Å². The molecule has 0 nitrogen and oxygen atoms in total. The predicted octanol–water partition coefficient (Wildman–Crippen LogP) is 5.95. The Kier molecular flexibility index (Phi) is 5.98. The van der Waals surface area contributed by atoms with Gasteiger partial charge in [0.1, 0.15) is 0 Å². The summed E-state index contributed by atoms with van der Waals surface area (Å²) in [6.45, 7) is 4.25. The Balaban J connectivity index is 1.63. The molecule has 0 amide bonds. The van der Waals surface area contributed by atoms with Gasteiger partial charge in [0.2, 0.25) is 0 Å². The van der Waals surface area contributed by atoms with Crippen molar-refractivity contribution in [3.05, 3.63) is 70.8 Å². The van der Waals surface area contributed by atoms with E-state index in [9.17, 15) is 0 Å². The van der Waals surface area contributed by atoms with Crippen LogP contribution in [-0.4, -0.2) is 0 Å². The normalized spacial score (nSPS) is 19.3. The van der Waals surface area contributed by atoms with Gasteiger partial charge in [-0.1, -0.05) is 61.8 Å². The molecule has 0 aliphatic heterocycles. The van der Waals surface area contributed by atoms with Crippen LogP contribution in [0.25, 0.3) is 0 Å². The van der Waals surface area contributed by atoms with E-state index in [4.69, 9.17) is 0 Å². The molecular formula is C25H26. The summed E-state index contributed by atoms with van der Waals surface area (Å²) >= 11 is 0. The third-order valence-electron chi connectivity index (χ3n) is 5.17. The van der Waals surface area contributed by atoms with E-state index in [1.807, 2.05) is 6.92 Å².